The van der Waals surface area contributed by atoms with Gasteiger partial charge in [0.25, 0.3) is 10.0 Å². The van der Waals surface area contributed by atoms with E-state index in [2.05, 4.69) is 5.32 Å². The summed E-state index contributed by atoms with van der Waals surface area (Å²) in [4.78, 5) is 28.7. The van der Waals surface area contributed by atoms with Gasteiger partial charge in [0.1, 0.15) is 24.2 Å². The molecule has 0 radical (unpaired) electrons. The van der Waals surface area contributed by atoms with Gasteiger partial charge in [0.15, 0.2) is 0 Å². The molecule has 0 aromatic heterocycles. The summed E-state index contributed by atoms with van der Waals surface area (Å²) in [5.74, 6) is -0.954. The summed E-state index contributed by atoms with van der Waals surface area (Å²) in [6.07, 6.45) is 0.274. The van der Waals surface area contributed by atoms with Gasteiger partial charge in [-0.25, -0.2) is 12.8 Å². The Morgan fingerprint density at radius 1 is 0.976 bits per heavy atom. The molecule has 0 aliphatic heterocycles. The maximum absolute atomic E-state index is 14.1. The van der Waals surface area contributed by atoms with E-state index in [1.165, 1.54) is 53.4 Å². The molecule has 0 saturated carbocycles. The number of carbonyl (C=O) groups is 2. The first-order valence-corrected chi connectivity index (χ1v) is 15.6. The van der Waals surface area contributed by atoms with Gasteiger partial charge >= 0.3 is 0 Å². The van der Waals surface area contributed by atoms with Crippen LogP contribution in [0.2, 0.25) is 5.02 Å². The molecule has 11 heteroatoms. The molecule has 0 saturated heterocycles. The highest BCUT2D eigenvalue weighted by Gasteiger charge is 2.34. The van der Waals surface area contributed by atoms with Gasteiger partial charge in [-0.1, -0.05) is 56.6 Å². The molecule has 0 unspecified atom stereocenters. The van der Waals surface area contributed by atoms with Gasteiger partial charge in [-0.3, -0.25) is 13.9 Å². The number of carbonyl (C=O) groups excluding carboxylic acids is 2. The molecule has 8 nitrogen and oxygen atoms in total. The Hall–Kier alpha value is -3.63. The van der Waals surface area contributed by atoms with Crippen molar-refractivity contribution < 1.29 is 27.1 Å². The van der Waals surface area contributed by atoms with Crippen LogP contribution in [0, 0.1) is 11.7 Å². The van der Waals surface area contributed by atoms with Crippen molar-refractivity contribution >= 4 is 39.1 Å². The number of ether oxygens (including phenoxy) is 1. The highest BCUT2D eigenvalue weighted by molar-refractivity contribution is 7.92. The molecule has 3 rings (SSSR count). The summed E-state index contributed by atoms with van der Waals surface area (Å²) >= 11 is 6.01. The minimum atomic E-state index is -4.30. The number of anilines is 1. The zero-order chi connectivity index (χ0) is 30.9. The molecule has 42 heavy (non-hydrogen) atoms. The standard InChI is InChI=1S/C31H37ClFN3O5S/c1-5-27(31(38)34-19-22(3)4)35(20-23-11-15-25(33)16-12-23)30(37)21-36(28-9-7-8-10-29(28)41-6-2)42(39,40)26-17-13-24(32)14-18-26/h7-18,22,27H,5-6,19-21H2,1-4H3,(H,34,38)/t27-/m0/s1. The maximum Gasteiger partial charge on any atom is 0.264 e. The number of rotatable bonds is 14. The molecule has 2 amide bonds. The van der Waals surface area contributed by atoms with E-state index < -0.39 is 34.3 Å². The summed E-state index contributed by atoms with van der Waals surface area (Å²) in [6, 6.07) is 16.9. The predicted octanol–water partition coefficient (Wildman–Crippen LogP) is 5.65. The Morgan fingerprint density at radius 3 is 2.21 bits per heavy atom. The number of para-hydroxylation sites is 2. The molecule has 1 atom stereocenters. The topological polar surface area (TPSA) is 96.0 Å². The fraction of sp³-hybridized carbons (Fsp3) is 0.355. The summed E-state index contributed by atoms with van der Waals surface area (Å²) in [5.41, 5.74) is 0.753. The van der Waals surface area contributed by atoms with Crippen LogP contribution in [0.4, 0.5) is 10.1 Å². The number of hydrogen-bond acceptors (Lipinski definition) is 5. The van der Waals surface area contributed by atoms with Crippen molar-refractivity contribution in [2.45, 2.75) is 51.6 Å². The van der Waals surface area contributed by atoms with Crippen LogP contribution in [0.25, 0.3) is 0 Å². The molecule has 0 heterocycles. The summed E-state index contributed by atoms with van der Waals surface area (Å²) in [5, 5.41) is 3.23. The van der Waals surface area contributed by atoms with Crippen LogP contribution < -0.4 is 14.4 Å². The molecule has 0 fully saturated rings. The van der Waals surface area contributed by atoms with E-state index in [9.17, 15) is 22.4 Å². The second kappa shape index (κ2) is 15.0. The quantitative estimate of drug-likeness (QED) is 0.252. The molecule has 0 aliphatic carbocycles. The minimum absolute atomic E-state index is 0.0331. The number of nitrogens with zero attached hydrogens (tertiary/aromatic N) is 2. The van der Waals surface area contributed by atoms with Crippen molar-refractivity contribution in [2.24, 2.45) is 5.92 Å². The highest BCUT2D eigenvalue weighted by atomic mass is 35.5. The van der Waals surface area contributed by atoms with Crippen LogP contribution >= 0.6 is 11.6 Å². The third-order valence-corrected chi connectivity index (χ3v) is 8.48. The fourth-order valence-corrected chi connectivity index (χ4v) is 5.87. The van der Waals surface area contributed by atoms with Gasteiger partial charge in [-0.15, -0.1) is 0 Å². The van der Waals surface area contributed by atoms with Crippen LogP contribution in [0.5, 0.6) is 5.75 Å². The Balaban J connectivity index is 2.09. The molecule has 0 aliphatic rings. The average molecular weight is 618 g/mol. The van der Waals surface area contributed by atoms with Crippen molar-refractivity contribution in [3.8, 4) is 5.75 Å². The van der Waals surface area contributed by atoms with Gasteiger partial charge in [0.2, 0.25) is 11.8 Å². The summed E-state index contributed by atoms with van der Waals surface area (Å²) < 4.78 is 48.4. The van der Waals surface area contributed by atoms with E-state index in [0.29, 0.717) is 17.1 Å². The molecule has 3 aromatic rings. The fourth-order valence-electron chi connectivity index (χ4n) is 4.32. The lowest BCUT2D eigenvalue weighted by Crippen LogP contribution is -2.52. The lowest BCUT2D eigenvalue weighted by Gasteiger charge is -2.33. The van der Waals surface area contributed by atoms with Crippen LogP contribution in [0.15, 0.2) is 77.7 Å². The number of halogens is 2. The zero-order valence-corrected chi connectivity index (χ0v) is 25.8. The number of sulfonamides is 1. The molecule has 0 bridgehead atoms. The van der Waals surface area contributed by atoms with Crippen molar-refractivity contribution in [3.05, 3.63) is 89.2 Å². The van der Waals surface area contributed by atoms with Gasteiger partial charge in [-0.05, 0) is 73.4 Å². The lowest BCUT2D eigenvalue weighted by molar-refractivity contribution is -0.140. The largest absolute Gasteiger partial charge is 0.492 e. The van der Waals surface area contributed by atoms with Crippen molar-refractivity contribution in [1.29, 1.82) is 0 Å². The minimum Gasteiger partial charge on any atom is -0.492 e. The number of amides is 2. The first kappa shape index (κ1) is 32.9. The average Bonchev–Trinajstić information content (AvgIpc) is 2.96. The molecule has 226 valence electrons. The molecular formula is C31H37ClFN3O5S. The van der Waals surface area contributed by atoms with Gasteiger partial charge in [0.05, 0.1) is 17.2 Å². The summed E-state index contributed by atoms with van der Waals surface area (Å²) in [7, 11) is -4.30. The number of benzene rings is 3. The Morgan fingerprint density at radius 2 is 1.62 bits per heavy atom. The van der Waals surface area contributed by atoms with E-state index in [-0.39, 0.29) is 47.7 Å². The normalized spacial score (nSPS) is 12.1. The second-order valence-electron chi connectivity index (χ2n) is 10.1. The van der Waals surface area contributed by atoms with Crippen LogP contribution in [0.1, 0.15) is 39.7 Å². The van der Waals surface area contributed by atoms with Crippen LogP contribution in [-0.2, 0) is 26.2 Å². The first-order valence-electron chi connectivity index (χ1n) is 13.8. The Labute approximate surface area is 252 Å². The van der Waals surface area contributed by atoms with Gasteiger partial charge < -0.3 is 15.0 Å². The highest BCUT2D eigenvalue weighted by Crippen LogP contribution is 2.33. The van der Waals surface area contributed by atoms with Crippen LogP contribution in [0.3, 0.4) is 0 Å². The predicted molar refractivity (Wildman–Crippen MR) is 162 cm³/mol. The smallest absolute Gasteiger partial charge is 0.264 e. The van der Waals surface area contributed by atoms with Crippen molar-refractivity contribution in [3.63, 3.8) is 0 Å². The van der Waals surface area contributed by atoms with E-state index in [0.717, 1.165) is 4.31 Å². The molecular weight excluding hydrogens is 581 g/mol. The zero-order valence-electron chi connectivity index (χ0n) is 24.2. The van der Waals surface area contributed by atoms with Gasteiger partial charge in [0, 0.05) is 18.1 Å². The number of hydrogen-bond donors (Lipinski definition) is 1. The van der Waals surface area contributed by atoms with Crippen molar-refractivity contribution in [2.75, 3.05) is 24.0 Å². The van der Waals surface area contributed by atoms with E-state index in [1.807, 2.05) is 13.8 Å². The van der Waals surface area contributed by atoms with E-state index in [4.69, 9.17) is 16.3 Å². The molecule has 1 N–H and O–H groups in total. The third-order valence-electron chi connectivity index (χ3n) is 6.45. The lowest BCUT2D eigenvalue weighted by atomic mass is 10.1. The van der Waals surface area contributed by atoms with Crippen molar-refractivity contribution in [1.82, 2.24) is 10.2 Å². The van der Waals surface area contributed by atoms with E-state index in [1.54, 1.807) is 38.1 Å². The second-order valence-corrected chi connectivity index (χ2v) is 12.4. The first-order chi connectivity index (χ1) is 20.0. The third kappa shape index (κ3) is 8.45. The van der Waals surface area contributed by atoms with Crippen LogP contribution in [-0.4, -0.2) is 50.9 Å². The Kier molecular flexibility index (Phi) is 11.8. The maximum atomic E-state index is 14.1. The Bertz CT molecular complexity index is 1450. The van der Waals surface area contributed by atoms with Gasteiger partial charge in [-0.2, -0.15) is 0 Å². The monoisotopic (exact) mass is 617 g/mol. The SMILES string of the molecule is CCOc1ccccc1N(CC(=O)N(Cc1ccc(F)cc1)[C@@H](CC)C(=O)NCC(C)C)S(=O)(=O)c1ccc(Cl)cc1. The summed E-state index contributed by atoms with van der Waals surface area (Å²) in [6.45, 7) is 7.48. The molecule has 3 aromatic carbocycles. The number of nitrogens with one attached hydrogen (secondary N) is 1. The van der Waals surface area contributed by atoms with E-state index >= 15 is 0 Å². The molecule has 0 spiro atoms.